The van der Waals surface area contributed by atoms with E-state index in [0.29, 0.717) is 58.7 Å². The lowest BCUT2D eigenvalue weighted by molar-refractivity contribution is -0.139. The lowest BCUT2D eigenvalue weighted by Gasteiger charge is -2.37. The molecule has 2 aliphatic rings. The molecule has 0 saturated carbocycles. The van der Waals surface area contributed by atoms with Crippen LogP contribution in [0.3, 0.4) is 0 Å². The Hall–Kier alpha value is -4.16. The number of carbonyl (C=O) groups excluding carboxylic acids is 2. The molecule has 42 heavy (non-hydrogen) atoms. The van der Waals surface area contributed by atoms with Gasteiger partial charge in [-0.1, -0.05) is 12.1 Å². The summed E-state index contributed by atoms with van der Waals surface area (Å²) < 4.78 is 33.0. The van der Waals surface area contributed by atoms with Crippen LogP contribution in [0.1, 0.15) is 24.1 Å². The van der Waals surface area contributed by atoms with E-state index in [4.69, 9.17) is 28.4 Å². The molecule has 0 radical (unpaired) electrons. The summed E-state index contributed by atoms with van der Waals surface area (Å²) in [5.74, 6) is 2.23. The zero-order valence-electron chi connectivity index (χ0n) is 25.1. The maximum Gasteiger partial charge on any atom is 0.338 e. The Bertz CT molecular complexity index is 1280. The SMILES string of the molecule is CCOC(=O)C1=C(CN2CCN(Cc3cc(OC)c(OC)c(OC)c3)CC2)NC(=O)NC1c1cccc(OC)c1OC. The summed E-state index contributed by atoms with van der Waals surface area (Å²) in [4.78, 5) is 30.7. The second-order valence-electron chi connectivity index (χ2n) is 9.81. The largest absolute Gasteiger partial charge is 0.493 e. The van der Waals surface area contributed by atoms with E-state index in [1.807, 2.05) is 12.1 Å². The first-order valence-corrected chi connectivity index (χ1v) is 13.8. The number of piperazine rings is 1. The minimum Gasteiger partial charge on any atom is -0.493 e. The zero-order chi connectivity index (χ0) is 30.2. The maximum absolute atomic E-state index is 13.3. The number of hydrogen-bond donors (Lipinski definition) is 2. The van der Waals surface area contributed by atoms with Gasteiger partial charge in [-0.15, -0.1) is 0 Å². The van der Waals surface area contributed by atoms with Crippen molar-refractivity contribution in [1.29, 1.82) is 0 Å². The molecule has 1 atom stereocenters. The highest BCUT2D eigenvalue weighted by molar-refractivity contribution is 5.95. The number of benzene rings is 2. The highest BCUT2D eigenvalue weighted by Gasteiger charge is 2.36. The van der Waals surface area contributed by atoms with E-state index in [2.05, 4.69) is 20.4 Å². The molecule has 2 aliphatic heterocycles. The number of hydrogen-bond acceptors (Lipinski definition) is 10. The third-order valence-corrected chi connectivity index (χ3v) is 7.37. The molecule has 1 unspecified atom stereocenters. The Labute approximate surface area is 246 Å². The lowest BCUT2D eigenvalue weighted by Crippen LogP contribution is -2.51. The smallest absolute Gasteiger partial charge is 0.338 e. The minimum absolute atomic E-state index is 0.200. The Balaban J connectivity index is 1.54. The molecule has 0 aromatic heterocycles. The number of rotatable bonds is 12. The molecule has 2 amide bonds. The fourth-order valence-electron chi connectivity index (χ4n) is 5.38. The molecule has 12 nitrogen and oxygen atoms in total. The molecule has 0 bridgehead atoms. The molecule has 12 heteroatoms. The highest BCUT2D eigenvalue weighted by Crippen LogP contribution is 2.40. The van der Waals surface area contributed by atoms with E-state index in [1.165, 1.54) is 14.2 Å². The number of urea groups is 1. The standard InChI is InChI=1S/C30H40N4O8/c1-7-42-29(35)25-21(31-30(36)32-26(25)20-9-8-10-22(37-2)27(20)40-5)18-34-13-11-33(12-14-34)17-19-15-23(38-3)28(41-6)24(16-19)39-4/h8-10,15-16,26H,7,11-14,17-18H2,1-6H3,(H2,31,32,36). The van der Waals surface area contributed by atoms with Crippen molar-refractivity contribution in [2.75, 3.05) is 74.9 Å². The van der Waals surface area contributed by atoms with E-state index in [0.717, 1.165) is 31.7 Å². The molecule has 2 aromatic rings. The van der Waals surface area contributed by atoms with E-state index in [-0.39, 0.29) is 6.61 Å². The van der Waals surface area contributed by atoms with Gasteiger partial charge in [-0.25, -0.2) is 9.59 Å². The van der Waals surface area contributed by atoms with Crippen LogP contribution >= 0.6 is 0 Å². The van der Waals surface area contributed by atoms with Crippen molar-refractivity contribution >= 4 is 12.0 Å². The average Bonchev–Trinajstić information content (AvgIpc) is 3.00. The average molecular weight is 585 g/mol. The summed E-state index contributed by atoms with van der Waals surface area (Å²) in [5.41, 5.74) is 2.49. The Morgan fingerprint density at radius 2 is 1.43 bits per heavy atom. The zero-order valence-corrected chi connectivity index (χ0v) is 25.1. The Morgan fingerprint density at radius 3 is 1.98 bits per heavy atom. The van der Waals surface area contributed by atoms with Crippen LogP contribution in [0.15, 0.2) is 41.6 Å². The van der Waals surface area contributed by atoms with Gasteiger partial charge in [0.25, 0.3) is 0 Å². The molecule has 2 heterocycles. The number of methoxy groups -OCH3 is 5. The van der Waals surface area contributed by atoms with Crippen LogP contribution in [0, 0.1) is 0 Å². The fourth-order valence-corrected chi connectivity index (χ4v) is 5.38. The molecule has 1 fully saturated rings. The molecule has 4 rings (SSSR count). The summed E-state index contributed by atoms with van der Waals surface area (Å²) >= 11 is 0. The molecule has 2 aromatic carbocycles. The summed E-state index contributed by atoms with van der Waals surface area (Å²) in [6.45, 7) is 6.09. The van der Waals surface area contributed by atoms with Crippen LogP contribution in [0.25, 0.3) is 0 Å². The molecule has 1 saturated heterocycles. The van der Waals surface area contributed by atoms with E-state index in [1.54, 1.807) is 46.5 Å². The molecular weight excluding hydrogens is 544 g/mol. The highest BCUT2D eigenvalue weighted by atomic mass is 16.5. The van der Waals surface area contributed by atoms with Crippen molar-refractivity contribution in [3.63, 3.8) is 0 Å². The van der Waals surface area contributed by atoms with Gasteiger partial charge >= 0.3 is 12.0 Å². The first kappa shape index (κ1) is 30.8. The van der Waals surface area contributed by atoms with Gasteiger partial charge in [-0.2, -0.15) is 0 Å². The normalized spacial score (nSPS) is 17.7. The van der Waals surface area contributed by atoms with Gasteiger partial charge in [0.1, 0.15) is 0 Å². The van der Waals surface area contributed by atoms with Crippen molar-refractivity contribution in [2.24, 2.45) is 0 Å². The van der Waals surface area contributed by atoms with Crippen molar-refractivity contribution in [3.05, 3.63) is 52.7 Å². The second-order valence-corrected chi connectivity index (χ2v) is 9.81. The Morgan fingerprint density at radius 1 is 0.833 bits per heavy atom. The van der Waals surface area contributed by atoms with Gasteiger partial charge in [0.15, 0.2) is 23.0 Å². The van der Waals surface area contributed by atoms with Crippen molar-refractivity contribution < 1.29 is 38.0 Å². The summed E-state index contributed by atoms with van der Waals surface area (Å²) in [5, 5.41) is 5.74. The van der Waals surface area contributed by atoms with Gasteiger partial charge in [-0.05, 0) is 30.7 Å². The number of carbonyl (C=O) groups is 2. The number of amides is 2. The fraction of sp³-hybridized carbons (Fsp3) is 0.467. The number of esters is 1. The summed E-state index contributed by atoms with van der Waals surface area (Å²) in [6, 6.07) is 8.09. The minimum atomic E-state index is -0.779. The second kappa shape index (κ2) is 14.1. The number of para-hydroxylation sites is 1. The van der Waals surface area contributed by atoms with Gasteiger partial charge in [-0.3, -0.25) is 9.80 Å². The lowest BCUT2D eigenvalue weighted by atomic mass is 9.93. The van der Waals surface area contributed by atoms with Crippen molar-refractivity contribution in [2.45, 2.75) is 19.5 Å². The van der Waals surface area contributed by atoms with E-state index < -0.39 is 18.0 Å². The number of nitrogens with zero attached hydrogens (tertiary/aromatic N) is 2. The van der Waals surface area contributed by atoms with Crippen LogP contribution in [0.2, 0.25) is 0 Å². The molecule has 0 spiro atoms. The quantitative estimate of drug-likeness (QED) is 0.361. The predicted molar refractivity (Wildman–Crippen MR) is 155 cm³/mol. The Kier molecular flexibility index (Phi) is 10.4. The topological polar surface area (TPSA) is 120 Å². The molecule has 228 valence electrons. The van der Waals surface area contributed by atoms with Crippen LogP contribution in [0.5, 0.6) is 28.7 Å². The number of ether oxygens (including phenoxy) is 6. The third-order valence-electron chi connectivity index (χ3n) is 7.37. The van der Waals surface area contributed by atoms with Gasteiger partial charge in [0, 0.05) is 50.5 Å². The maximum atomic E-state index is 13.3. The monoisotopic (exact) mass is 584 g/mol. The van der Waals surface area contributed by atoms with Crippen LogP contribution in [-0.4, -0.2) is 96.7 Å². The molecule has 2 N–H and O–H groups in total. The van der Waals surface area contributed by atoms with Gasteiger partial charge < -0.3 is 39.1 Å². The van der Waals surface area contributed by atoms with Crippen LogP contribution in [0.4, 0.5) is 4.79 Å². The summed E-state index contributed by atoms with van der Waals surface area (Å²) in [7, 11) is 7.86. The summed E-state index contributed by atoms with van der Waals surface area (Å²) in [6.07, 6.45) is 0. The van der Waals surface area contributed by atoms with Crippen LogP contribution in [-0.2, 0) is 16.1 Å². The van der Waals surface area contributed by atoms with Crippen molar-refractivity contribution in [3.8, 4) is 28.7 Å². The predicted octanol–water partition coefficient (Wildman–Crippen LogP) is 2.72. The first-order valence-electron chi connectivity index (χ1n) is 13.8. The third kappa shape index (κ3) is 6.66. The first-order chi connectivity index (χ1) is 20.4. The molecular formula is C30H40N4O8. The number of nitrogens with one attached hydrogen (secondary N) is 2. The van der Waals surface area contributed by atoms with Gasteiger partial charge in [0.2, 0.25) is 5.75 Å². The van der Waals surface area contributed by atoms with Crippen molar-refractivity contribution in [1.82, 2.24) is 20.4 Å². The van der Waals surface area contributed by atoms with E-state index >= 15 is 0 Å². The molecule has 0 aliphatic carbocycles. The van der Waals surface area contributed by atoms with Crippen LogP contribution < -0.4 is 34.3 Å². The van der Waals surface area contributed by atoms with Gasteiger partial charge in [0.05, 0.1) is 53.8 Å². The van der Waals surface area contributed by atoms with E-state index in [9.17, 15) is 9.59 Å².